The minimum absolute atomic E-state index is 0.335. The molecular formula is C13H19NO. The standard InChI is InChI=1S/C13H19NO/c1-13(10-14)7-12(8-13)15-9-11-5-3-2-4-6-11/h2-6,12H,7-10,14H2,1H3. The number of rotatable bonds is 4. The Morgan fingerprint density at radius 1 is 1.33 bits per heavy atom. The Kier molecular flexibility index (Phi) is 3.08. The Hall–Kier alpha value is -0.860. The molecule has 1 aliphatic carbocycles. The highest BCUT2D eigenvalue weighted by Crippen LogP contribution is 2.41. The monoisotopic (exact) mass is 205 g/mol. The van der Waals surface area contributed by atoms with Crippen LogP contribution in [0.25, 0.3) is 0 Å². The molecule has 0 unspecified atom stereocenters. The van der Waals surface area contributed by atoms with E-state index in [4.69, 9.17) is 10.5 Å². The molecule has 15 heavy (non-hydrogen) atoms. The van der Waals surface area contributed by atoms with E-state index in [-0.39, 0.29) is 0 Å². The fourth-order valence-electron chi connectivity index (χ4n) is 2.11. The molecule has 0 saturated heterocycles. The molecule has 1 saturated carbocycles. The van der Waals surface area contributed by atoms with Gasteiger partial charge in [-0.3, -0.25) is 0 Å². The second-order valence-corrected chi connectivity index (χ2v) is 4.84. The van der Waals surface area contributed by atoms with E-state index in [1.165, 1.54) is 5.56 Å². The van der Waals surface area contributed by atoms with E-state index in [1.54, 1.807) is 0 Å². The van der Waals surface area contributed by atoms with Crippen LogP contribution in [0.5, 0.6) is 0 Å². The van der Waals surface area contributed by atoms with Crippen molar-refractivity contribution in [2.24, 2.45) is 11.1 Å². The topological polar surface area (TPSA) is 35.2 Å². The Morgan fingerprint density at radius 2 is 2.00 bits per heavy atom. The Morgan fingerprint density at radius 3 is 2.60 bits per heavy atom. The van der Waals surface area contributed by atoms with Crippen molar-refractivity contribution >= 4 is 0 Å². The van der Waals surface area contributed by atoms with E-state index < -0.39 is 0 Å². The normalized spacial score (nSPS) is 29.9. The van der Waals surface area contributed by atoms with Crippen LogP contribution in [0.4, 0.5) is 0 Å². The Labute approximate surface area is 91.4 Å². The number of hydrogen-bond acceptors (Lipinski definition) is 2. The molecule has 1 aromatic carbocycles. The summed E-state index contributed by atoms with van der Waals surface area (Å²) in [7, 11) is 0. The van der Waals surface area contributed by atoms with Crippen molar-refractivity contribution < 1.29 is 4.74 Å². The first-order valence-corrected chi connectivity index (χ1v) is 5.57. The SMILES string of the molecule is CC1(CN)CC(OCc2ccccc2)C1. The van der Waals surface area contributed by atoms with E-state index in [0.717, 1.165) is 26.0 Å². The molecule has 0 atom stereocenters. The molecule has 2 rings (SSSR count). The van der Waals surface area contributed by atoms with Crippen LogP contribution < -0.4 is 5.73 Å². The molecule has 0 radical (unpaired) electrons. The van der Waals surface area contributed by atoms with E-state index in [9.17, 15) is 0 Å². The minimum Gasteiger partial charge on any atom is -0.374 e. The zero-order valence-corrected chi connectivity index (χ0v) is 9.28. The van der Waals surface area contributed by atoms with Gasteiger partial charge < -0.3 is 10.5 Å². The maximum absolute atomic E-state index is 5.81. The number of ether oxygens (including phenoxy) is 1. The number of hydrogen-bond donors (Lipinski definition) is 1. The highest BCUT2D eigenvalue weighted by molar-refractivity contribution is 5.13. The molecule has 1 aliphatic rings. The van der Waals surface area contributed by atoms with Gasteiger partial charge in [0.1, 0.15) is 0 Å². The molecule has 1 aromatic rings. The molecule has 0 bridgehead atoms. The predicted molar refractivity (Wildman–Crippen MR) is 61.4 cm³/mol. The second-order valence-electron chi connectivity index (χ2n) is 4.84. The summed E-state index contributed by atoms with van der Waals surface area (Å²) in [4.78, 5) is 0. The van der Waals surface area contributed by atoms with Crippen molar-refractivity contribution in [1.82, 2.24) is 0 Å². The van der Waals surface area contributed by atoms with Gasteiger partial charge in [0, 0.05) is 0 Å². The summed E-state index contributed by atoms with van der Waals surface area (Å²) in [5, 5.41) is 0. The van der Waals surface area contributed by atoms with Crippen LogP contribution in [-0.2, 0) is 11.3 Å². The summed E-state index contributed by atoms with van der Waals surface area (Å²) < 4.78 is 5.81. The highest BCUT2D eigenvalue weighted by atomic mass is 16.5. The first-order chi connectivity index (χ1) is 7.22. The lowest BCUT2D eigenvalue weighted by atomic mass is 9.68. The van der Waals surface area contributed by atoms with Crippen molar-refractivity contribution in [1.29, 1.82) is 0 Å². The maximum atomic E-state index is 5.81. The van der Waals surface area contributed by atoms with Gasteiger partial charge in [-0.1, -0.05) is 37.3 Å². The average molecular weight is 205 g/mol. The van der Waals surface area contributed by atoms with Crippen LogP contribution in [0.3, 0.4) is 0 Å². The summed E-state index contributed by atoms with van der Waals surface area (Å²) in [6, 6.07) is 10.3. The quantitative estimate of drug-likeness (QED) is 0.818. The molecule has 2 N–H and O–H groups in total. The van der Waals surface area contributed by atoms with E-state index in [2.05, 4.69) is 19.1 Å². The number of nitrogens with two attached hydrogens (primary N) is 1. The first kappa shape index (κ1) is 10.7. The molecule has 2 heteroatoms. The van der Waals surface area contributed by atoms with Crippen LogP contribution in [0, 0.1) is 5.41 Å². The lowest BCUT2D eigenvalue weighted by Gasteiger charge is -2.44. The van der Waals surface area contributed by atoms with Gasteiger partial charge >= 0.3 is 0 Å². The van der Waals surface area contributed by atoms with Gasteiger partial charge in [-0.15, -0.1) is 0 Å². The predicted octanol–water partition coefficient (Wildman–Crippen LogP) is 2.33. The highest BCUT2D eigenvalue weighted by Gasteiger charge is 2.39. The van der Waals surface area contributed by atoms with Crippen LogP contribution in [-0.4, -0.2) is 12.6 Å². The third-order valence-electron chi connectivity index (χ3n) is 3.26. The fraction of sp³-hybridized carbons (Fsp3) is 0.538. The van der Waals surface area contributed by atoms with E-state index in [1.807, 2.05) is 18.2 Å². The van der Waals surface area contributed by atoms with Gasteiger partial charge in [-0.05, 0) is 30.4 Å². The summed E-state index contributed by atoms with van der Waals surface area (Å²) in [6.07, 6.45) is 2.63. The third kappa shape index (κ3) is 2.58. The van der Waals surface area contributed by atoms with Crippen LogP contribution in [0.15, 0.2) is 30.3 Å². The average Bonchev–Trinajstić information content (AvgIpc) is 2.24. The second kappa shape index (κ2) is 4.33. The third-order valence-corrected chi connectivity index (χ3v) is 3.26. The molecule has 0 spiro atoms. The molecule has 0 aromatic heterocycles. The van der Waals surface area contributed by atoms with Gasteiger partial charge in [0.25, 0.3) is 0 Å². The largest absolute Gasteiger partial charge is 0.374 e. The van der Waals surface area contributed by atoms with Crippen molar-refractivity contribution in [2.45, 2.75) is 32.5 Å². The molecule has 0 heterocycles. The fourth-order valence-corrected chi connectivity index (χ4v) is 2.11. The zero-order chi connectivity index (χ0) is 10.7. The summed E-state index contributed by atoms with van der Waals surface area (Å²) in [5.41, 5.74) is 7.27. The van der Waals surface area contributed by atoms with Crippen molar-refractivity contribution in [2.75, 3.05) is 6.54 Å². The smallest absolute Gasteiger partial charge is 0.0720 e. The van der Waals surface area contributed by atoms with Gasteiger partial charge in [0.05, 0.1) is 12.7 Å². The molecule has 1 fully saturated rings. The summed E-state index contributed by atoms with van der Waals surface area (Å²) in [6.45, 7) is 3.74. The van der Waals surface area contributed by atoms with Crippen LogP contribution in [0.1, 0.15) is 25.3 Å². The van der Waals surface area contributed by atoms with Crippen LogP contribution in [0.2, 0.25) is 0 Å². The molecule has 0 amide bonds. The van der Waals surface area contributed by atoms with Gasteiger partial charge in [0.15, 0.2) is 0 Å². The van der Waals surface area contributed by atoms with Gasteiger partial charge in [-0.25, -0.2) is 0 Å². The number of benzene rings is 1. The summed E-state index contributed by atoms with van der Waals surface area (Å²) in [5.74, 6) is 0. The van der Waals surface area contributed by atoms with Gasteiger partial charge in [-0.2, -0.15) is 0 Å². The van der Waals surface area contributed by atoms with Crippen LogP contribution >= 0.6 is 0 Å². The maximum Gasteiger partial charge on any atom is 0.0720 e. The lowest BCUT2D eigenvalue weighted by Crippen LogP contribution is -2.45. The summed E-state index contributed by atoms with van der Waals surface area (Å²) >= 11 is 0. The Balaban J connectivity index is 1.73. The lowest BCUT2D eigenvalue weighted by molar-refractivity contribution is -0.0769. The van der Waals surface area contributed by atoms with Crippen molar-refractivity contribution in [3.05, 3.63) is 35.9 Å². The Bertz CT molecular complexity index is 304. The zero-order valence-electron chi connectivity index (χ0n) is 9.28. The molecule has 2 nitrogen and oxygen atoms in total. The molecule has 82 valence electrons. The van der Waals surface area contributed by atoms with E-state index >= 15 is 0 Å². The van der Waals surface area contributed by atoms with Crippen molar-refractivity contribution in [3.63, 3.8) is 0 Å². The van der Waals surface area contributed by atoms with E-state index in [0.29, 0.717) is 11.5 Å². The minimum atomic E-state index is 0.335. The van der Waals surface area contributed by atoms with Gasteiger partial charge in [0.2, 0.25) is 0 Å². The molecule has 0 aliphatic heterocycles. The molecular weight excluding hydrogens is 186 g/mol. The first-order valence-electron chi connectivity index (χ1n) is 5.57. The van der Waals surface area contributed by atoms with Crippen molar-refractivity contribution in [3.8, 4) is 0 Å².